The van der Waals surface area contributed by atoms with Crippen molar-refractivity contribution >= 4 is 16.0 Å². The van der Waals surface area contributed by atoms with Gasteiger partial charge in [0, 0.05) is 19.0 Å². The van der Waals surface area contributed by atoms with Gasteiger partial charge in [-0.3, -0.25) is 4.79 Å². The maximum Gasteiger partial charge on any atom is 0.308 e. The van der Waals surface area contributed by atoms with Crippen LogP contribution in [0.15, 0.2) is 11.2 Å². The third-order valence-corrected chi connectivity index (χ3v) is 5.44. The molecular weight excluding hydrogens is 270 g/mol. The molecule has 106 valence electrons. The van der Waals surface area contributed by atoms with Crippen LogP contribution in [0.4, 0.5) is 0 Å². The molecule has 1 fully saturated rings. The molecule has 2 rings (SSSR count). The molecule has 0 spiro atoms. The van der Waals surface area contributed by atoms with Crippen molar-refractivity contribution in [2.45, 2.75) is 37.8 Å². The predicted octanol–water partition coefficient (Wildman–Crippen LogP) is 0.456. The fourth-order valence-corrected chi connectivity index (χ4v) is 3.98. The lowest BCUT2D eigenvalue weighted by Crippen LogP contribution is -2.37. The van der Waals surface area contributed by atoms with Gasteiger partial charge in [-0.2, -0.15) is 4.31 Å². The Kier molecular flexibility index (Phi) is 3.64. The number of nitrogens with zero attached hydrogens (tertiary/aromatic N) is 2. The molecule has 8 heteroatoms. The summed E-state index contributed by atoms with van der Waals surface area (Å²) in [6.45, 7) is 3.72. The predicted molar refractivity (Wildman–Crippen MR) is 67.1 cm³/mol. The van der Waals surface area contributed by atoms with Crippen molar-refractivity contribution in [1.82, 2.24) is 14.3 Å². The van der Waals surface area contributed by atoms with Gasteiger partial charge < -0.3 is 10.1 Å². The number of rotatable bonds is 4. The first-order valence-corrected chi connectivity index (χ1v) is 7.60. The minimum Gasteiger partial charge on any atom is -0.481 e. The first-order valence-electron chi connectivity index (χ1n) is 6.16. The molecule has 1 aliphatic rings. The highest BCUT2D eigenvalue weighted by atomic mass is 32.2. The van der Waals surface area contributed by atoms with E-state index in [0.717, 1.165) is 0 Å². The zero-order chi connectivity index (χ0) is 14.2. The Bertz CT molecular complexity index is 581. The molecule has 2 unspecified atom stereocenters. The van der Waals surface area contributed by atoms with E-state index in [4.69, 9.17) is 5.11 Å². The molecule has 2 atom stereocenters. The quantitative estimate of drug-likeness (QED) is 0.837. The zero-order valence-electron chi connectivity index (χ0n) is 10.8. The number of aromatic amines is 1. The van der Waals surface area contributed by atoms with E-state index in [-0.39, 0.29) is 11.6 Å². The van der Waals surface area contributed by atoms with Gasteiger partial charge in [0.15, 0.2) is 5.03 Å². The molecule has 2 heterocycles. The van der Waals surface area contributed by atoms with Crippen LogP contribution in [0.2, 0.25) is 0 Å². The highest BCUT2D eigenvalue weighted by molar-refractivity contribution is 7.89. The van der Waals surface area contributed by atoms with Crippen molar-refractivity contribution in [3.05, 3.63) is 12.0 Å². The summed E-state index contributed by atoms with van der Waals surface area (Å²) < 4.78 is 26.0. The molecule has 0 bridgehead atoms. The molecule has 0 aliphatic carbocycles. The van der Waals surface area contributed by atoms with Gasteiger partial charge in [0.1, 0.15) is 5.82 Å². The lowest BCUT2D eigenvalue weighted by atomic mass is 10.0. The maximum absolute atomic E-state index is 12.4. The molecular formula is C11H17N3O4S. The summed E-state index contributed by atoms with van der Waals surface area (Å²) in [7, 11) is -3.69. The Morgan fingerprint density at radius 3 is 2.79 bits per heavy atom. The smallest absolute Gasteiger partial charge is 0.308 e. The van der Waals surface area contributed by atoms with E-state index in [9.17, 15) is 13.2 Å². The van der Waals surface area contributed by atoms with Crippen LogP contribution < -0.4 is 0 Å². The van der Waals surface area contributed by atoms with E-state index >= 15 is 0 Å². The summed E-state index contributed by atoms with van der Waals surface area (Å²) in [6, 6.07) is -0.545. The lowest BCUT2D eigenvalue weighted by Gasteiger charge is -2.21. The van der Waals surface area contributed by atoms with E-state index in [2.05, 4.69) is 9.97 Å². The van der Waals surface area contributed by atoms with Gasteiger partial charge in [-0.25, -0.2) is 13.4 Å². The Balaban J connectivity index is 2.28. The van der Waals surface area contributed by atoms with Crippen molar-refractivity contribution in [2.24, 2.45) is 5.92 Å². The number of carbonyl (C=O) groups is 1. The minimum absolute atomic E-state index is 0.0299. The topological polar surface area (TPSA) is 103 Å². The molecule has 19 heavy (non-hydrogen) atoms. The van der Waals surface area contributed by atoms with E-state index in [0.29, 0.717) is 18.7 Å². The van der Waals surface area contributed by atoms with Gasteiger partial charge in [-0.1, -0.05) is 6.92 Å². The second-order valence-corrected chi connectivity index (χ2v) is 6.50. The summed E-state index contributed by atoms with van der Waals surface area (Å²) in [5.74, 6) is -1.01. The highest BCUT2D eigenvalue weighted by Gasteiger charge is 2.42. The van der Waals surface area contributed by atoms with Crippen molar-refractivity contribution in [3.63, 3.8) is 0 Å². The second-order valence-electron chi connectivity index (χ2n) is 4.64. The Morgan fingerprint density at radius 2 is 2.32 bits per heavy atom. The summed E-state index contributed by atoms with van der Waals surface area (Å²) in [4.78, 5) is 17.8. The number of carboxylic acids is 1. The summed E-state index contributed by atoms with van der Waals surface area (Å²) in [5.41, 5.74) is 0. The van der Waals surface area contributed by atoms with Crippen molar-refractivity contribution in [3.8, 4) is 0 Å². The Morgan fingerprint density at radius 1 is 1.63 bits per heavy atom. The second kappa shape index (κ2) is 4.93. The fraction of sp³-hybridized carbons (Fsp3) is 0.636. The van der Waals surface area contributed by atoms with Crippen LogP contribution in [-0.2, 0) is 21.2 Å². The normalized spacial score (nSPS) is 24.7. The molecule has 2 N–H and O–H groups in total. The summed E-state index contributed by atoms with van der Waals surface area (Å²) >= 11 is 0. The average molecular weight is 287 g/mol. The van der Waals surface area contributed by atoms with Gasteiger partial charge in [0.2, 0.25) is 0 Å². The lowest BCUT2D eigenvalue weighted by molar-refractivity contribution is -0.142. The molecule has 0 amide bonds. The average Bonchev–Trinajstić information content (AvgIpc) is 2.94. The SMILES string of the molecule is CCc1ncc(S(=O)(=O)N2CCC(C(=O)O)C2C)[nH]1. The minimum atomic E-state index is -3.69. The van der Waals surface area contributed by atoms with Crippen LogP contribution in [0, 0.1) is 5.92 Å². The maximum atomic E-state index is 12.4. The molecule has 1 saturated heterocycles. The Labute approximate surface area is 111 Å². The highest BCUT2D eigenvalue weighted by Crippen LogP contribution is 2.29. The van der Waals surface area contributed by atoms with E-state index in [1.165, 1.54) is 10.5 Å². The van der Waals surface area contributed by atoms with Gasteiger partial charge in [-0.15, -0.1) is 0 Å². The van der Waals surface area contributed by atoms with Crippen LogP contribution in [0.1, 0.15) is 26.1 Å². The van der Waals surface area contributed by atoms with Crippen molar-refractivity contribution in [1.29, 1.82) is 0 Å². The van der Waals surface area contributed by atoms with Gasteiger partial charge in [-0.05, 0) is 13.3 Å². The molecule has 1 aliphatic heterocycles. The largest absolute Gasteiger partial charge is 0.481 e. The standard InChI is InChI=1S/C11H17N3O4S/c1-3-9-12-6-10(13-9)19(17,18)14-5-4-8(7(14)2)11(15)16/h6-8H,3-5H2,1-2H3,(H,12,13)(H,15,16). The molecule has 0 saturated carbocycles. The molecule has 0 radical (unpaired) electrons. The number of nitrogens with one attached hydrogen (secondary N) is 1. The van der Waals surface area contributed by atoms with Crippen molar-refractivity contribution < 1.29 is 18.3 Å². The zero-order valence-corrected chi connectivity index (χ0v) is 11.6. The number of hydrogen-bond acceptors (Lipinski definition) is 4. The number of carboxylic acid groups (broad SMARTS) is 1. The van der Waals surface area contributed by atoms with Gasteiger partial charge in [0.05, 0.1) is 12.1 Å². The third-order valence-electron chi connectivity index (χ3n) is 3.54. The first-order chi connectivity index (χ1) is 8.87. The van der Waals surface area contributed by atoms with E-state index in [1.54, 1.807) is 6.92 Å². The summed E-state index contributed by atoms with van der Waals surface area (Å²) in [5, 5.41) is 9.07. The van der Waals surface area contributed by atoms with E-state index < -0.39 is 28.0 Å². The molecule has 1 aromatic rings. The number of aromatic nitrogens is 2. The number of aliphatic carboxylic acids is 1. The van der Waals surface area contributed by atoms with Crippen LogP contribution in [0.25, 0.3) is 0 Å². The van der Waals surface area contributed by atoms with E-state index in [1.807, 2.05) is 6.92 Å². The number of sulfonamides is 1. The molecule has 1 aromatic heterocycles. The van der Waals surface area contributed by atoms with Crippen LogP contribution in [0.3, 0.4) is 0 Å². The number of imidazole rings is 1. The fourth-order valence-electron chi connectivity index (χ4n) is 2.36. The van der Waals surface area contributed by atoms with Gasteiger partial charge >= 0.3 is 5.97 Å². The van der Waals surface area contributed by atoms with Crippen LogP contribution in [0.5, 0.6) is 0 Å². The number of hydrogen-bond donors (Lipinski definition) is 2. The molecule has 7 nitrogen and oxygen atoms in total. The summed E-state index contributed by atoms with van der Waals surface area (Å²) in [6.07, 6.45) is 2.24. The number of aryl methyl sites for hydroxylation is 1. The van der Waals surface area contributed by atoms with Crippen molar-refractivity contribution in [2.75, 3.05) is 6.54 Å². The van der Waals surface area contributed by atoms with Crippen LogP contribution >= 0.6 is 0 Å². The van der Waals surface area contributed by atoms with Crippen LogP contribution in [-0.4, -0.2) is 46.4 Å². The monoisotopic (exact) mass is 287 g/mol. The number of H-pyrrole nitrogens is 1. The third kappa shape index (κ3) is 2.37. The van der Waals surface area contributed by atoms with Gasteiger partial charge in [0.25, 0.3) is 10.0 Å². The Hall–Kier alpha value is -1.41. The first kappa shape index (κ1) is 14.0. The molecule has 0 aromatic carbocycles.